The van der Waals surface area contributed by atoms with Gasteiger partial charge < -0.3 is 9.47 Å². The topological polar surface area (TPSA) is 55.8 Å². The van der Waals surface area contributed by atoms with E-state index >= 15 is 0 Å². The molecule has 0 aliphatic carbocycles. The lowest BCUT2D eigenvalue weighted by Crippen LogP contribution is -2.52. The third kappa shape index (κ3) is 8.21. The SMILES string of the molecule is CCC(F)(F)C(CN1CCC(CC(OC(=O)C(F)(F)F)C(F)(F)C(C)(F)F)CC1)OC(C)=O. The zero-order valence-electron chi connectivity index (χ0n) is 18.2. The number of ether oxygens (including phenoxy) is 2. The van der Waals surface area contributed by atoms with Crippen LogP contribution >= 0.6 is 0 Å². The van der Waals surface area contributed by atoms with Gasteiger partial charge in [-0.25, -0.2) is 22.4 Å². The van der Waals surface area contributed by atoms with E-state index in [0.29, 0.717) is 0 Å². The van der Waals surface area contributed by atoms with Gasteiger partial charge in [0.05, 0.1) is 0 Å². The van der Waals surface area contributed by atoms with Crippen LogP contribution in [0.1, 0.15) is 46.5 Å². The van der Waals surface area contributed by atoms with Crippen molar-refractivity contribution in [3.05, 3.63) is 0 Å². The molecule has 1 heterocycles. The fraction of sp³-hybridized carbons (Fsp3) is 0.895. The number of hydrogen-bond acceptors (Lipinski definition) is 5. The van der Waals surface area contributed by atoms with Crippen molar-refractivity contribution in [1.29, 1.82) is 0 Å². The van der Waals surface area contributed by atoms with Gasteiger partial charge in [0.25, 0.3) is 5.92 Å². The van der Waals surface area contributed by atoms with E-state index in [1.807, 2.05) is 0 Å². The normalized spacial score (nSPS) is 19.2. The second-order valence-electron chi connectivity index (χ2n) is 8.10. The van der Waals surface area contributed by atoms with Gasteiger partial charge in [-0.1, -0.05) is 6.92 Å². The lowest BCUT2D eigenvalue weighted by Gasteiger charge is -2.38. The average Bonchev–Trinajstić information content (AvgIpc) is 2.66. The summed E-state index contributed by atoms with van der Waals surface area (Å²) in [6, 6.07) is 0. The zero-order chi connectivity index (χ0) is 25.8. The molecular formula is C19H26F9NO4. The maximum Gasteiger partial charge on any atom is 0.490 e. The number of piperidine rings is 1. The van der Waals surface area contributed by atoms with Crippen LogP contribution in [0.25, 0.3) is 0 Å². The lowest BCUT2D eigenvalue weighted by molar-refractivity contribution is -0.267. The van der Waals surface area contributed by atoms with Gasteiger partial charge in [-0.2, -0.15) is 22.0 Å². The molecule has 33 heavy (non-hydrogen) atoms. The molecule has 0 aromatic heterocycles. The number of halogens is 9. The first-order valence-electron chi connectivity index (χ1n) is 10.1. The Labute approximate surface area is 184 Å². The number of rotatable bonds is 10. The molecule has 1 aliphatic rings. The molecule has 5 nitrogen and oxygen atoms in total. The monoisotopic (exact) mass is 503 g/mol. The molecule has 0 saturated carbocycles. The van der Waals surface area contributed by atoms with Crippen LogP contribution in [0.15, 0.2) is 0 Å². The van der Waals surface area contributed by atoms with Crippen LogP contribution in [-0.4, -0.2) is 72.6 Å². The van der Waals surface area contributed by atoms with E-state index in [0.717, 1.165) is 6.92 Å². The van der Waals surface area contributed by atoms with Gasteiger partial charge in [0, 0.05) is 26.8 Å². The lowest BCUT2D eigenvalue weighted by atomic mass is 9.88. The Morgan fingerprint density at radius 3 is 1.85 bits per heavy atom. The van der Waals surface area contributed by atoms with Crippen LogP contribution in [-0.2, 0) is 19.1 Å². The average molecular weight is 503 g/mol. The zero-order valence-corrected chi connectivity index (χ0v) is 18.2. The summed E-state index contributed by atoms with van der Waals surface area (Å²) in [6.45, 7) is 1.55. The van der Waals surface area contributed by atoms with Crippen LogP contribution in [0.3, 0.4) is 0 Å². The second kappa shape index (κ2) is 10.7. The molecule has 1 aliphatic heterocycles. The minimum Gasteiger partial charge on any atom is -0.455 e. The molecule has 194 valence electrons. The number of carbonyl (C=O) groups excluding carboxylic acids is 2. The van der Waals surface area contributed by atoms with E-state index in [4.69, 9.17) is 0 Å². The number of alkyl halides is 9. The molecule has 1 fully saturated rings. The highest BCUT2D eigenvalue weighted by Crippen LogP contribution is 2.42. The minimum atomic E-state index is -5.66. The maximum absolute atomic E-state index is 14.1. The first-order chi connectivity index (χ1) is 14.8. The van der Waals surface area contributed by atoms with E-state index in [2.05, 4.69) is 9.47 Å². The van der Waals surface area contributed by atoms with Crippen molar-refractivity contribution in [3.8, 4) is 0 Å². The Morgan fingerprint density at radius 1 is 0.939 bits per heavy atom. The summed E-state index contributed by atoms with van der Waals surface area (Å²) in [5, 5.41) is 0. The van der Waals surface area contributed by atoms with E-state index in [1.54, 1.807) is 0 Å². The number of carbonyl (C=O) groups is 2. The predicted octanol–water partition coefficient (Wildman–Crippen LogP) is 4.83. The molecule has 0 aromatic carbocycles. The number of hydrogen-bond donors (Lipinski definition) is 0. The second-order valence-corrected chi connectivity index (χ2v) is 8.10. The summed E-state index contributed by atoms with van der Waals surface area (Å²) < 4.78 is 129. The summed E-state index contributed by atoms with van der Waals surface area (Å²) in [6.07, 6.45) is -12.1. The van der Waals surface area contributed by atoms with Crippen LogP contribution in [0.5, 0.6) is 0 Å². The van der Waals surface area contributed by atoms with Crippen molar-refractivity contribution in [2.45, 2.75) is 82.6 Å². The van der Waals surface area contributed by atoms with Gasteiger partial charge in [0.2, 0.25) is 0 Å². The summed E-state index contributed by atoms with van der Waals surface area (Å²) in [5.74, 6) is -18.0. The Hall–Kier alpha value is -1.73. The first-order valence-corrected chi connectivity index (χ1v) is 10.1. The highest BCUT2D eigenvalue weighted by atomic mass is 19.4. The molecule has 14 heteroatoms. The standard InChI is InChI=1S/C19H26F9NO4/c1-4-17(22,23)14(32-11(2)30)10-29-7-5-12(6-8-29)9-13(18(24,25)16(3,20)21)33-15(31)19(26,27)28/h12-14H,4-10H2,1-3H3. The predicted molar refractivity (Wildman–Crippen MR) is 96.1 cm³/mol. The molecule has 0 aromatic rings. The van der Waals surface area contributed by atoms with Crippen molar-refractivity contribution < 1.29 is 58.6 Å². The number of esters is 2. The Balaban J connectivity index is 2.86. The largest absolute Gasteiger partial charge is 0.490 e. The highest BCUT2D eigenvalue weighted by molar-refractivity contribution is 5.75. The highest BCUT2D eigenvalue weighted by Gasteiger charge is 2.61. The van der Waals surface area contributed by atoms with Gasteiger partial charge >= 0.3 is 30.0 Å². The first kappa shape index (κ1) is 29.3. The fourth-order valence-corrected chi connectivity index (χ4v) is 3.38. The summed E-state index contributed by atoms with van der Waals surface area (Å²) in [4.78, 5) is 23.6. The van der Waals surface area contributed by atoms with E-state index in [9.17, 15) is 49.1 Å². The van der Waals surface area contributed by atoms with Crippen LogP contribution in [0.4, 0.5) is 39.5 Å². The molecule has 0 bridgehead atoms. The van der Waals surface area contributed by atoms with E-state index in [1.165, 1.54) is 11.8 Å². The van der Waals surface area contributed by atoms with E-state index < -0.39 is 66.8 Å². The van der Waals surface area contributed by atoms with E-state index in [-0.39, 0.29) is 39.4 Å². The number of likely N-dealkylation sites (tertiary alicyclic amines) is 1. The molecule has 1 rings (SSSR count). The van der Waals surface area contributed by atoms with Gasteiger partial charge in [-0.05, 0) is 38.3 Å². The third-order valence-corrected chi connectivity index (χ3v) is 5.40. The van der Waals surface area contributed by atoms with Gasteiger partial charge in [0.15, 0.2) is 12.2 Å². The minimum absolute atomic E-state index is 0.00372. The molecule has 2 atom stereocenters. The molecule has 0 spiro atoms. The van der Waals surface area contributed by atoms with Crippen LogP contribution in [0, 0.1) is 5.92 Å². The van der Waals surface area contributed by atoms with Crippen molar-refractivity contribution in [1.82, 2.24) is 4.90 Å². The van der Waals surface area contributed by atoms with Crippen molar-refractivity contribution in [2.24, 2.45) is 5.92 Å². The smallest absolute Gasteiger partial charge is 0.455 e. The van der Waals surface area contributed by atoms with Gasteiger partial charge in [-0.3, -0.25) is 9.69 Å². The number of nitrogens with zero attached hydrogens (tertiary/aromatic N) is 1. The third-order valence-electron chi connectivity index (χ3n) is 5.40. The fourth-order valence-electron chi connectivity index (χ4n) is 3.38. The molecule has 0 amide bonds. The quantitative estimate of drug-likeness (QED) is 0.316. The molecular weight excluding hydrogens is 477 g/mol. The summed E-state index contributed by atoms with van der Waals surface area (Å²) in [7, 11) is 0. The van der Waals surface area contributed by atoms with Gasteiger partial charge in [-0.15, -0.1) is 0 Å². The van der Waals surface area contributed by atoms with Crippen LogP contribution in [0.2, 0.25) is 0 Å². The Kier molecular flexibility index (Phi) is 9.49. The summed E-state index contributed by atoms with van der Waals surface area (Å²) in [5.41, 5.74) is 0. The maximum atomic E-state index is 14.1. The molecule has 0 radical (unpaired) electrons. The van der Waals surface area contributed by atoms with Gasteiger partial charge in [0.1, 0.15) is 0 Å². The van der Waals surface area contributed by atoms with Crippen molar-refractivity contribution >= 4 is 11.9 Å². The molecule has 2 unspecified atom stereocenters. The Morgan fingerprint density at radius 2 is 1.45 bits per heavy atom. The molecule has 0 N–H and O–H groups in total. The van der Waals surface area contributed by atoms with Crippen molar-refractivity contribution in [2.75, 3.05) is 19.6 Å². The Bertz CT molecular complexity index is 671. The van der Waals surface area contributed by atoms with Crippen LogP contribution < -0.4 is 0 Å². The van der Waals surface area contributed by atoms with Crippen molar-refractivity contribution in [3.63, 3.8) is 0 Å². The summed E-state index contributed by atoms with van der Waals surface area (Å²) >= 11 is 0. The molecule has 1 saturated heterocycles.